The van der Waals surface area contributed by atoms with Gasteiger partial charge in [-0.25, -0.2) is 13.7 Å². The van der Waals surface area contributed by atoms with Crippen molar-refractivity contribution in [1.29, 1.82) is 0 Å². The first-order chi connectivity index (χ1) is 73.7. The van der Waals surface area contributed by atoms with Gasteiger partial charge in [-0.3, -0.25) is 28.8 Å². The zero-order valence-corrected chi connectivity index (χ0v) is 81.0. The van der Waals surface area contributed by atoms with E-state index < -0.39 is 0 Å². The maximum Gasteiger partial charge on any atom is 0.266 e. The highest BCUT2D eigenvalue weighted by atomic mass is 16.3. The molecule has 0 unspecified atom stereocenters. The van der Waals surface area contributed by atoms with Gasteiger partial charge in [0.15, 0.2) is 0 Å². The smallest absolute Gasteiger partial charge is 0.266 e. The molecule has 706 valence electrons. The van der Waals surface area contributed by atoms with Crippen molar-refractivity contribution in [3.05, 3.63) is 546 Å². The van der Waals surface area contributed by atoms with Crippen molar-refractivity contribution >= 4 is 196 Å². The third-order valence-electron chi connectivity index (χ3n) is 31.0. The minimum absolute atomic E-state index is 0.287. The number of furan rings is 1. The van der Waals surface area contributed by atoms with Gasteiger partial charge in [0, 0.05) is 104 Å². The van der Waals surface area contributed by atoms with Gasteiger partial charge in [0.1, 0.15) is 11.2 Å². The summed E-state index contributed by atoms with van der Waals surface area (Å²) < 4.78 is 21.3. The lowest BCUT2D eigenvalue weighted by atomic mass is 9.82. The van der Waals surface area contributed by atoms with E-state index in [9.17, 15) is 19.2 Å². The van der Waals surface area contributed by atoms with Gasteiger partial charge in [-0.05, 0) is 267 Å². The van der Waals surface area contributed by atoms with Crippen LogP contribution in [0.1, 0.15) is 25.0 Å². The van der Waals surface area contributed by atoms with Crippen LogP contribution >= 0.6 is 0 Å². The Bertz CT molecular complexity index is 11300. The van der Waals surface area contributed by atoms with E-state index in [0.29, 0.717) is 49.4 Å². The molecule has 0 spiro atoms. The van der Waals surface area contributed by atoms with Crippen molar-refractivity contribution in [2.75, 3.05) is 0 Å². The fraction of sp³-hybridized carbons (Fsp3) is 0.0222. The van der Waals surface area contributed by atoms with Crippen LogP contribution in [0.25, 0.3) is 252 Å². The first-order valence-corrected chi connectivity index (χ1v) is 50.3. The van der Waals surface area contributed by atoms with Crippen LogP contribution in [0.15, 0.2) is 506 Å². The van der Waals surface area contributed by atoms with Crippen LogP contribution in [0.2, 0.25) is 0 Å². The lowest BCUT2D eigenvalue weighted by Crippen LogP contribution is -2.28. The van der Waals surface area contributed by atoms with E-state index in [0.717, 1.165) is 203 Å². The number of fused-ring (bicyclic) bond motifs is 30. The van der Waals surface area contributed by atoms with E-state index in [1.807, 2.05) is 279 Å². The number of hydrogen-bond acceptors (Lipinski definition) is 7. The molecule has 31 rings (SSSR count). The molecule has 9 aromatic heterocycles. The second kappa shape index (κ2) is 33.5. The van der Waals surface area contributed by atoms with Crippen molar-refractivity contribution in [2.24, 2.45) is 0 Å². The van der Waals surface area contributed by atoms with Crippen LogP contribution in [0, 0.1) is 0 Å². The summed E-state index contributed by atoms with van der Waals surface area (Å²) in [6.45, 7) is 4.42. The molecule has 9 heterocycles. The predicted molar refractivity (Wildman–Crippen MR) is 617 cm³/mol. The maximum absolute atomic E-state index is 15.1. The summed E-state index contributed by atoms with van der Waals surface area (Å²) in [4.78, 5) is 89.2. The number of aromatic nitrogens is 8. The Kier molecular flexibility index (Phi) is 19.3. The molecule has 21 aromatic carbocycles. The Labute approximate surface area is 853 Å². The molecule has 0 saturated carbocycles. The number of hydrogen-bond donors (Lipinski definition) is 0. The van der Waals surface area contributed by atoms with Gasteiger partial charge in [-0.1, -0.05) is 275 Å². The molecule has 0 aliphatic heterocycles. The van der Waals surface area contributed by atoms with Crippen LogP contribution in [-0.2, 0) is 5.41 Å². The van der Waals surface area contributed by atoms with Crippen LogP contribution in [0.3, 0.4) is 0 Å². The van der Waals surface area contributed by atoms with Crippen molar-refractivity contribution < 1.29 is 4.42 Å². The molecular weight excluding hydrogens is 1850 g/mol. The van der Waals surface area contributed by atoms with Gasteiger partial charge in [0.25, 0.3) is 33.4 Å². The summed E-state index contributed by atoms with van der Waals surface area (Å²) >= 11 is 0. The Morgan fingerprint density at radius 3 is 0.687 bits per heavy atom. The molecular formula is C135H84N8O7. The highest BCUT2D eigenvalue weighted by Gasteiger charge is 2.37. The summed E-state index contributed by atoms with van der Waals surface area (Å²) in [7, 11) is 0. The lowest BCUT2D eigenvalue weighted by Gasteiger charge is -2.21. The van der Waals surface area contributed by atoms with Gasteiger partial charge in [-0.2, -0.15) is 0 Å². The largest absolute Gasteiger partial charge is 0.456 e. The third-order valence-corrected chi connectivity index (χ3v) is 31.0. The van der Waals surface area contributed by atoms with Gasteiger partial charge in [-0.15, -0.1) is 0 Å². The van der Waals surface area contributed by atoms with E-state index in [4.69, 9.17) is 4.42 Å². The molecule has 1 aliphatic carbocycles. The van der Waals surface area contributed by atoms with E-state index in [1.54, 1.807) is 0 Å². The van der Waals surface area contributed by atoms with Crippen LogP contribution < -0.4 is 33.4 Å². The SMILES string of the molecule is CC1(C)c2ccccc2-c2cc3c(cc21)c(=O)n(-c1ccccc1)c(=O)c1cc2c(cc13)c1ccccc1n2-c1ccccc1.O=c1c2cc3c(cc2c2cc4c5ccccc5n(-c5ccc6oc7ccccc7c6c5)c4cc2c(=O)n1-c1ccccc1)c1ccccc1n3-c1ccccc1.O=c1c2cc3c(cc2c2cc4c5ccccc5n(-c5ccccc5)c4cc2c(=O)n1-c1ccccc1)c1ccccc1n3-c1ccccc1. The summed E-state index contributed by atoms with van der Waals surface area (Å²) in [6, 6.07) is 158. The standard InChI is InChI=1S/C50H29N3O3.C44H27N3O2.C41H28N2O2/c54-49-41-28-45-38(33-17-7-10-20-43(33)51(45)30-13-3-1-4-14-30)26-36(41)37-27-39-34-18-8-11-21-44(34)52(32-23-24-48-40(25-32)35-19-9-12-22-47(35)56-48)46(39)29-42(37)50(55)53(49)31-15-5-2-6-16-31;48-43-37-26-41-35(31-20-10-12-22-39(31)45(41)28-14-4-1-5-15-28)24-33(37)34-25-36-32-21-11-13-23-40(32)46(29-16-6-2-7-17-29)42(36)27-38(34)44(49)47(43)30-18-8-3-9-19-30;1-41(2)35-19-11-9-17-27(35)31-21-29-30-22-32-28-18-10-12-20-37(28)42(25-13-5-3-6-14-25)38(32)24-34(30)40(45)43(26-15-7-4-8-16-26)39(44)33(29)23-36(31)41/h1-29H;1-27H;3-24H,1-2H3. The second-order valence-electron chi connectivity index (χ2n) is 39.4. The quantitative estimate of drug-likeness (QED) is 0.147. The number of para-hydroxylation sites is 13. The summed E-state index contributed by atoms with van der Waals surface area (Å²) in [5.74, 6) is 0. The molecule has 0 N–H and O–H groups in total. The van der Waals surface area contributed by atoms with Crippen molar-refractivity contribution in [3.63, 3.8) is 0 Å². The molecule has 0 bridgehead atoms. The summed E-state index contributed by atoms with van der Waals surface area (Å²) in [5, 5.41) is 19.9. The molecule has 0 radical (unpaired) electrons. The highest BCUT2D eigenvalue weighted by molar-refractivity contribution is 6.25. The minimum Gasteiger partial charge on any atom is -0.456 e. The number of rotatable bonds is 8. The van der Waals surface area contributed by atoms with Gasteiger partial charge in [0.2, 0.25) is 0 Å². The zero-order valence-electron chi connectivity index (χ0n) is 81.0. The van der Waals surface area contributed by atoms with Gasteiger partial charge >= 0.3 is 0 Å². The minimum atomic E-state index is -0.372. The Balaban J connectivity index is 0.000000106. The predicted octanol–water partition coefficient (Wildman–Crippen LogP) is 30.2. The maximum atomic E-state index is 15.1. The molecule has 0 saturated heterocycles. The first kappa shape index (κ1) is 86.5. The Morgan fingerprint density at radius 2 is 0.380 bits per heavy atom. The number of benzene rings is 21. The molecule has 0 amide bonds. The van der Waals surface area contributed by atoms with E-state index >= 15 is 9.59 Å². The average molecular weight is 1930 g/mol. The van der Waals surface area contributed by atoms with Gasteiger partial charge in [0.05, 0.1) is 99.2 Å². The first-order valence-electron chi connectivity index (χ1n) is 50.3. The average Bonchev–Trinajstić information content (AvgIpc) is 1.55. The molecule has 15 nitrogen and oxygen atoms in total. The topological polar surface area (TPSA) is 155 Å². The lowest BCUT2D eigenvalue weighted by molar-refractivity contribution is 0.661. The van der Waals surface area contributed by atoms with Crippen LogP contribution in [0.4, 0.5) is 0 Å². The highest BCUT2D eigenvalue weighted by Crippen LogP contribution is 2.52. The van der Waals surface area contributed by atoms with E-state index in [1.165, 1.54) is 24.8 Å². The van der Waals surface area contributed by atoms with Crippen molar-refractivity contribution in [3.8, 4) is 56.6 Å². The Morgan fingerprint density at radius 1 is 0.147 bits per heavy atom. The third kappa shape index (κ3) is 13.0. The van der Waals surface area contributed by atoms with Crippen LogP contribution in [0.5, 0.6) is 0 Å². The molecule has 0 atom stereocenters. The van der Waals surface area contributed by atoms with E-state index in [-0.39, 0.29) is 38.8 Å². The fourth-order valence-corrected chi connectivity index (χ4v) is 24.2. The molecule has 30 aromatic rings. The van der Waals surface area contributed by atoms with Crippen LogP contribution in [-0.4, -0.2) is 36.5 Å². The summed E-state index contributed by atoms with van der Waals surface area (Å²) in [5.41, 5.74) is 20.2. The molecule has 15 heteroatoms. The number of nitrogens with zero attached hydrogens (tertiary/aromatic N) is 8. The zero-order chi connectivity index (χ0) is 100. The Hall–Kier alpha value is -20.2. The fourth-order valence-electron chi connectivity index (χ4n) is 24.2. The molecule has 0 fully saturated rings. The molecule has 1 aliphatic rings. The summed E-state index contributed by atoms with van der Waals surface area (Å²) in [6.07, 6.45) is 0. The van der Waals surface area contributed by atoms with Crippen molar-refractivity contribution in [2.45, 2.75) is 19.3 Å². The van der Waals surface area contributed by atoms with Crippen molar-refractivity contribution in [1.82, 2.24) is 36.5 Å². The second-order valence-corrected chi connectivity index (χ2v) is 39.4. The van der Waals surface area contributed by atoms with E-state index in [2.05, 4.69) is 231 Å². The molecule has 150 heavy (non-hydrogen) atoms. The van der Waals surface area contributed by atoms with Gasteiger partial charge < -0.3 is 27.3 Å². The monoisotopic (exact) mass is 1930 g/mol. The normalized spacial score (nSPS) is 12.4.